The molecule has 2 aromatic rings. The van der Waals surface area contributed by atoms with Gasteiger partial charge in [0, 0.05) is 31.9 Å². The molecule has 0 aliphatic carbocycles. The van der Waals surface area contributed by atoms with Gasteiger partial charge in [0.1, 0.15) is 0 Å². The van der Waals surface area contributed by atoms with E-state index in [4.69, 9.17) is 4.74 Å². The molecule has 1 N–H and O–H groups in total. The minimum atomic E-state index is -0.414. The van der Waals surface area contributed by atoms with E-state index >= 15 is 0 Å². The zero-order valence-electron chi connectivity index (χ0n) is 12.0. The number of aromatic nitrogens is 1. The number of benzene rings is 1. The molecule has 0 saturated heterocycles. The lowest BCUT2D eigenvalue weighted by Gasteiger charge is -2.06. The van der Waals surface area contributed by atoms with E-state index in [1.807, 2.05) is 19.0 Å². The van der Waals surface area contributed by atoms with Gasteiger partial charge in [-0.3, -0.25) is 10.1 Å². The number of thiazole rings is 1. The highest BCUT2D eigenvalue weighted by molar-refractivity contribution is 7.15. The standard InChI is InChI=1S/C13H16N4O3S/c1-16(2)13-15-12(20-3)11(21-13)8-14-9-5-4-6-10(7-9)17(18)19/h4-7,14H,8H2,1-3H3. The molecule has 0 aliphatic heterocycles. The summed E-state index contributed by atoms with van der Waals surface area (Å²) in [7, 11) is 5.40. The molecule has 1 aromatic carbocycles. The van der Waals surface area contributed by atoms with E-state index in [0.717, 1.165) is 10.0 Å². The summed E-state index contributed by atoms with van der Waals surface area (Å²) >= 11 is 1.52. The fourth-order valence-corrected chi connectivity index (χ4v) is 2.59. The van der Waals surface area contributed by atoms with E-state index in [0.29, 0.717) is 18.1 Å². The second-order valence-corrected chi connectivity index (χ2v) is 5.55. The minimum absolute atomic E-state index is 0.0604. The summed E-state index contributed by atoms with van der Waals surface area (Å²) in [5, 5.41) is 14.8. The van der Waals surface area contributed by atoms with Crippen molar-refractivity contribution in [3.63, 3.8) is 0 Å². The largest absolute Gasteiger partial charge is 0.480 e. The third-order valence-electron chi connectivity index (χ3n) is 2.74. The third-order valence-corrected chi connectivity index (χ3v) is 3.94. The van der Waals surface area contributed by atoms with Crippen molar-refractivity contribution in [3.05, 3.63) is 39.3 Å². The van der Waals surface area contributed by atoms with Crippen molar-refractivity contribution in [2.45, 2.75) is 6.54 Å². The van der Waals surface area contributed by atoms with Crippen LogP contribution in [0, 0.1) is 10.1 Å². The van der Waals surface area contributed by atoms with Gasteiger partial charge in [-0.1, -0.05) is 17.4 Å². The van der Waals surface area contributed by atoms with Gasteiger partial charge in [-0.2, -0.15) is 4.98 Å². The van der Waals surface area contributed by atoms with Gasteiger partial charge in [-0.25, -0.2) is 0 Å². The van der Waals surface area contributed by atoms with E-state index in [-0.39, 0.29) is 5.69 Å². The quantitative estimate of drug-likeness (QED) is 0.653. The number of anilines is 2. The van der Waals surface area contributed by atoms with Crippen LogP contribution >= 0.6 is 11.3 Å². The second-order valence-electron chi connectivity index (χ2n) is 4.48. The van der Waals surface area contributed by atoms with Crippen LogP contribution in [0.25, 0.3) is 0 Å². The summed E-state index contributed by atoms with van der Waals surface area (Å²) in [6, 6.07) is 6.39. The number of hydrogen-bond acceptors (Lipinski definition) is 7. The number of nitrogens with zero attached hydrogens (tertiary/aromatic N) is 3. The molecule has 8 heteroatoms. The Labute approximate surface area is 126 Å². The highest BCUT2D eigenvalue weighted by atomic mass is 32.1. The Hall–Kier alpha value is -2.35. The number of nitro benzene ring substituents is 1. The predicted octanol–water partition coefficient (Wildman–Crippen LogP) is 2.74. The molecule has 0 spiro atoms. The Bertz CT molecular complexity index is 642. The van der Waals surface area contributed by atoms with Crippen molar-refractivity contribution in [2.75, 3.05) is 31.4 Å². The molecule has 0 fully saturated rings. The summed E-state index contributed by atoms with van der Waals surface area (Å²) in [5.41, 5.74) is 0.747. The monoisotopic (exact) mass is 308 g/mol. The average molecular weight is 308 g/mol. The Morgan fingerprint density at radius 3 is 2.86 bits per heavy atom. The molecular formula is C13H16N4O3S. The summed E-state index contributed by atoms with van der Waals surface area (Å²) in [4.78, 5) is 17.5. The van der Waals surface area contributed by atoms with Crippen LogP contribution in [0.15, 0.2) is 24.3 Å². The fourth-order valence-electron chi connectivity index (χ4n) is 1.70. The molecule has 0 saturated carbocycles. The van der Waals surface area contributed by atoms with Crippen LogP contribution in [0.2, 0.25) is 0 Å². The summed E-state index contributed by atoms with van der Waals surface area (Å²) in [6.45, 7) is 0.496. The lowest BCUT2D eigenvalue weighted by molar-refractivity contribution is -0.384. The van der Waals surface area contributed by atoms with Crippen LogP contribution < -0.4 is 15.0 Å². The van der Waals surface area contributed by atoms with E-state index in [9.17, 15) is 10.1 Å². The molecule has 0 aliphatic rings. The Balaban J connectivity index is 2.12. The molecule has 0 radical (unpaired) electrons. The van der Waals surface area contributed by atoms with Crippen LogP contribution in [-0.2, 0) is 6.54 Å². The molecule has 0 amide bonds. The number of non-ortho nitro benzene ring substituents is 1. The molecule has 2 rings (SSSR count). The number of nitro groups is 1. The van der Waals surface area contributed by atoms with Crippen LogP contribution in [0.3, 0.4) is 0 Å². The second kappa shape index (κ2) is 6.40. The maximum atomic E-state index is 10.8. The van der Waals surface area contributed by atoms with Gasteiger partial charge in [0.05, 0.1) is 23.5 Å². The molecule has 7 nitrogen and oxygen atoms in total. The number of hydrogen-bond donors (Lipinski definition) is 1. The maximum Gasteiger partial charge on any atom is 0.271 e. The molecule has 1 heterocycles. The van der Waals surface area contributed by atoms with Crippen molar-refractivity contribution >= 4 is 27.8 Å². The van der Waals surface area contributed by atoms with Gasteiger partial charge in [-0.15, -0.1) is 0 Å². The fraction of sp³-hybridized carbons (Fsp3) is 0.308. The lowest BCUT2D eigenvalue weighted by atomic mass is 10.3. The molecule has 112 valence electrons. The average Bonchev–Trinajstić information content (AvgIpc) is 2.89. The van der Waals surface area contributed by atoms with Crippen LogP contribution in [0.4, 0.5) is 16.5 Å². The summed E-state index contributed by atoms with van der Waals surface area (Å²) in [5.74, 6) is 0.571. The Morgan fingerprint density at radius 2 is 2.24 bits per heavy atom. The predicted molar refractivity (Wildman–Crippen MR) is 83.4 cm³/mol. The Kier molecular flexibility index (Phi) is 4.59. The smallest absolute Gasteiger partial charge is 0.271 e. The number of methoxy groups -OCH3 is 1. The highest BCUT2D eigenvalue weighted by Gasteiger charge is 2.13. The van der Waals surface area contributed by atoms with Gasteiger partial charge >= 0.3 is 0 Å². The molecule has 21 heavy (non-hydrogen) atoms. The van der Waals surface area contributed by atoms with Crippen molar-refractivity contribution in [1.29, 1.82) is 0 Å². The van der Waals surface area contributed by atoms with Gasteiger partial charge in [0.25, 0.3) is 5.69 Å². The first-order chi connectivity index (χ1) is 10.0. The van der Waals surface area contributed by atoms with Crippen molar-refractivity contribution in [2.24, 2.45) is 0 Å². The van der Waals surface area contributed by atoms with Crippen molar-refractivity contribution < 1.29 is 9.66 Å². The van der Waals surface area contributed by atoms with Gasteiger partial charge in [0.15, 0.2) is 5.13 Å². The maximum absolute atomic E-state index is 10.8. The third kappa shape index (κ3) is 3.60. The zero-order chi connectivity index (χ0) is 15.4. The topological polar surface area (TPSA) is 80.5 Å². The van der Waals surface area contributed by atoms with Gasteiger partial charge in [-0.05, 0) is 6.07 Å². The minimum Gasteiger partial charge on any atom is -0.480 e. The summed E-state index contributed by atoms with van der Waals surface area (Å²) < 4.78 is 5.25. The lowest BCUT2D eigenvalue weighted by Crippen LogP contribution is -2.07. The van der Waals surface area contributed by atoms with Crippen molar-refractivity contribution in [3.8, 4) is 5.88 Å². The van der Waals surface area contributed by atoms with E-state index in [1.54, 1.807) is 19.2 Å². The van der Waals surface area contributed by atoms with E-state index in [2.05, 4.69) is 10.3 Å². The highest BCUT2D eigenvalue weighted by Crippen LogP contribution is 2.31. The van der Waals surface area contributed by atoms with Gasteiger partial charge < -0.3 is 15.0 Å². The van der Waals surface area contributed by atoms with Gasteiger partial charge in [0.2, 0.25) is 5.88 Å². The zero-order valence-corrected chi connectivity index (χ0v) is 12.8. The summed E-state index contributed by atoms with van der Waals surface area (Å²) in [6.07, 6.45) is 0. The van der Waals surface area contributed by atoms with Crippen molar-refractivity contribution in [1.82, 2.24) is 4.98 Å². The first-order valence-electron chi connectivity index (χ1n) is 6.20. The number of nitrogens with one attached hydrogen (secondary N) is 1. The first kappa shape index (κ1) is 15.0. The normalized spacial score (nSPS) is 10.2. The van der Waals surface area contributed by atoms with Crippen LogP contribution in [-0.4, -0.2) is 31.1 Å². The van der Waals surface area contributed by atoms with E-state index in [1.165, 1.54) is 23.5 Å². The number of ether oxygens (including phenoxy) is 1. The SMILES string of the molecule is COc1nc(N(C)C)sc1CNc1cccc([N+](=O)[O-])c1. The molecular weight excluding hydrogens is 292 g/mol. The molecule has 1 aromatic heterocycles. The molecule has 0 atom stereocenters. The number of rotatable bonds is 6. The van der Waals surface area contributed by atoms with E-state index < -0.39 is 4.92 Å². The molecule has 0 unspecified atom stereocenters. The molecule has 0 bridgehead atoms. The van der Waals surface area contributed by atoms with Crippen LogP contribution in [0.5, 0.6) is 5.88 Å². The van der Waals surface area contributed by atoms with Crippen LogP contribution in [0.1, 0.15) is 4.88 Å². The Morgan fingerprint density at radius 1 is 1.48 bits per heavy atom. The first-order valence-corrected chi connectivity index (χ1v) is 7.02.